The summed E-state index contributed by atoms with van der Waals surface area (Å²) in [6, 6.07) is 68.7. The summed E-state index contributed by atoms with van der Waals surface area (Å²) in [4.78, 5) is 0. The Morgan fingerprint density at radius 3 is 0.614 bits per heavy atom. The van der Waals surface area contributed by atoms with E-state index in [1.165, 1.54) is 31.8 Å². The predicted octanol–water partition coefficient (Wildman–Crippen LogP) is 5.70. The molecule has 44 heavy (non-hydrogen) atoms. The predicted molar refractivity (Wildman–Crippen MR) is 187 cm³/mol. The van der Waals surface area contributed by atoms with E-state index in [1.807, 2.05) is 0 Å². The summed E-state index contributed by atoms with van der Waals surface area (Å²) in [7, 11) is -4.67. The van der Waals surface area contributed by atoms with Gasteiger partial charge in [0, 0.05) is 0 Å². The molecule has 228 valence electrons. The Hall–Kier alpha value is -3.26. The van der Waals surface area contributed by atoms with Crippen LogP contribution in [0, 0.1) is 0 Å². The van der Waals surface area contributed by atoms with E-state index in [0.29, 0.717) is 0 Å². The fraction of sp³-hybridized carbons (Fsp3) is 0. The van der Waals surface area contributed by atoms with Crippen molar-refractivity contribution >= 4 is 52.9 Å². The second-order valence-electron chi connectivity index (χ2n) is 9.95. The molecule has 0 radical (unpaired) electrons. The fourth-order valence-electron chi connectivity index (χ4n) is 5.40. The first-order chi connectivity index (χ1) is 21.3. The van der Waals surface area contributed by atoms with Crippen LogP contribution >= 0.6 is 10.7 Å². The Bertz CT molecular complexity index is 1520. The molecule has 0 saturated heterocycles. The average Bonchev–Trinajstić information content (AvgIpc) is 3.07. The molecule has 0 aromatic heterocycles. The van der Waals surface area contributed by atoms with Crippen LogP contribution in [-0.2, 0) is 27.9 Å². The molecule has 0 saturated carbocycles. The van der Waals surface area contributed by atoms with E-state index >= 15 is 0 Å². The van der Waals surface area contributed by atoms with E-state index in [1.54, 1.807) is 0 Å². The van der Waals surface area contributed by atoms with E-state index in [9.17, 15) is 0 Å². The molecular formula is C36H34O4P2PtS. The topological polar surface area (TPSA) is 74.6 Å². The molecule has 6 rings (SSSR count). The van der Waals surface area contributed by atoms with Crippen LogP contribution in [0.1, 0.15) is 0 Å². The van der Waals surface area contributed by atoms with E-state index < -0.39 is 38.7 Å². The van der Waals surface area contributed by atoms with Crippen molar-refractivity contribution in [3.8, 4) is 0 Å². The molecule has 8 heteroatoms. The second kappa shape index (κ2) is 14.7. The van der Waals surface area contributed by atoms with Crippen LogP contribution in [0.15, 0.2) is 182 Å². The van der Waals surface area contributed by atoms with Gasteiger partial charge in [-0.2, -0.15) is 8.42 Å². The summed E-state index contributed by atoms with van der Waals surface area (Å²) < 4.78 is 31.6. The summed E-state index contributed by atoms with van der Waals surface area (Å²) in [6.07, 6.45) is 0. The molecular weight excluding hydrogens is 785 g/mol. The molecule has 4 nitrogen and oxygen atoms in total. The average molecular weight is 820 g/mol. The Morgan fingerprint density at radius 1 is 0.341 bits per heavy atom. The standard InChI is InChI=1S/2C18H15P.H2O4S.Pt/c2*1-4-10-16(11-5-1)19(17-12-6-2-7-13-17)18-14-8-3-9-15-18;1-5(2,3)4;/h2*1-15H;(H2,1,2,3,4);/q;;;-2/p+2. The SMILES string of the molecule is O=S(=O)(O)O.c1ccc([PH]([Pt][PH](c2ccccc2)(c2ccccc2)c2ccccc2)(c2ccccc2)c2ccccc2)cc1. The van der Waals surface area contributed by atoms with E-state index in [0.717, 1.165) is 0 Å². The van der Waals surface area contributed by atoms with Crippen molar-refractivity contribution in [2.45, 2.75) is 0 Å². The summed E-state index contributed by atoms with van der Waals surface area (Å²) in [6.45, 7) is 0. The van der Waals surface area contributed by atoms with Crippen LogP contribution in [0.3, 0.4) is 0 Å². The van der Waals surface area contributed by atoms with Gasteiger partial charge in [0.25, 0.3) is 0 Å². The zero-order chi connectivity index (χ0) is 30.9. The van der Waals surface area contributed by atoms with E-state index in [2.05, 4.69) is 182 Å². The summed E-state index contributed by atoms with van der Waals surface area (Å²) in [5.41, 5.74) is 0. The molecule has 0 heterocycles. The van der Waals surface area contributed by atoms with Gasteiger partial charge in [0.15, 0.2) is 0 Å². The number of rotatable bonds is 8. The van der Waals surface area contributed by atoms with Gasteiger partial charge >= 0.3 is 252 Å². The molecule has 6 aromatic carbocycles. The molecule has 0 spiro atoms. The third kappa shape index (κ3) is 7.33. The van der Waals surface area contributed by atoms with Crippen LogP contribution in [0.4, 0.5) is 0 Å². The molecule has 0 bridgehead atoms. The minimum atomic E-state index is -4.67. The van der Waals surface area contributed by atoms with Crippen LogP contribution in [0.2, 0.25) is 0 Å². The monoisotopic (exact) mass is 819 g/mol. The van der Waals surface area contributed by atoms with Crippen molar-refractivity contribution in [1.29, 1.82) is 0 Å². The van der Waals surface area contributed by atoms with Gasteiger partial charge in [-0.15, -0.1) is 0 Å². The first kappa shape index (κ1) is 32.1. The van der Waals surface area contributed by atoms with Gasteiger partial charge in [-0.1, -0.05) is 0 Å². The van der Waals surface area contributed by atoms with Crippen molar-refractivity contribution in [2.24, 2.45) is 0 Å². The van der Waals surface area contributed by atoms with Crippen molar-refractivity contribution in [1.82, 2.24) is 0 Å². The van der Waals surface area contributed by atoms with Crippen molar-refractivity contribution in [2.75, 3.05) is 0 Å². The summed E-state index contributed by atoms with van der Waals surface area (Å²) in [5, 5.41) is 4.19. The quantitative estimate of drug-likeness (QED) is 0.153. The van der Waals surface area contributed by atoms with Crippen LogP contribution in [0.5, 0.6) is 0 Å². The Morgan fingerprint density at radius 2 is 0.477 bits per heavy atom. The molecule has 0 aliphatic rings. The number of hydrogen-bond donors (Lipinski definition) is 2. The van der Waals surface area contributed by atoms with Gasteiger partial charge in [-0.05, 0) is 0 Å². The zero-order valence-electron chi connectivity index (χ0n) is 23.8. The Labute approximate surface area is 268 Å². The maximum absolute atomic E-state index is 8.74. The van der Waals surface area contributed by atoms with Gasteiger partial charge in [0.2, 0.25) is 0 Å². The molecule has 0 atom stereocenters. The number of benzene rings is 6. The normalized spacial score (nSPS) is 12.5. The minimum absolute atomic E-state index is 0.490. The molecule has 0 unspecified atom stereocenters. The van der Waals surface area contributed by atoms with Gasteiger partial charge in [0.1, 0.15) is 0 Å². The first-order valence-corrected chi connectivity index (χ1v) is 25.8. The van der Waals surface area contributed by atoms with Crippen molar-refractivity contribution in [3.05, 3.63) is 182 Å². The maximum atomic E-state index is 8.74. The van der Waals surface area contributed by atoms with Crippen LogP contribution in [-0.4, -0.2) is 17.5 Å². The van der Waals surface area contributed by atoms with Gasteiger partial charge < -0.3 is 0 Å². The first-order valence-electron chi connectivity index (χ1n) is 14.0. The number of hydrogen-bond acceptors (Lipinski definition) is 2. The Balaban J connectivity index is 0.000000712. The van der Waals surface area contributed by atoms with E-state index in [4.69, 9.17) is 17.5 Å². The molecule has 0 amide bonds. The van der Waals surface area contributed by atoms with Gasteiger partial charge in [-0.3, -0.25) is 9.11 Å². The van der Waals surface area contributed by atoms with Gasteiger partial charge in [-0.25, -0.2) is 0 Å². The third-order valence-corrected chi connectivity index (χ3v) is 42.8. The van der Waals surface area contributed by atoms with Crippen LogP contribution < -0.4 is 31.8 Å². The molecule has 6 aromatic rings. The Kier molecular flexibility index (Phi) is 10.7. The second-order valence-corrected chi connectivity index (χ2v) is 32.7. The fourth-order valence-corrected chi connectivity index (χ4v) is 50.8. The molecule has 0 aliphatic carbocycles. The van der Waals surface area contributed by atoms with E-state index in [-0.39, 0.29) is 0 Å². The molecule has 0 fully saturated rings. The summed E-state index contributed by atoms with van der Waals surface area (Å²) in [5.74, 6) is 0. The van der Waals surface area contributed by atoms with Crippen molar-refractivity contribution < 1.29 is 35.1 Å². The van der Waals surface area contributed by atoms with Crippen LogP contribution in [0.25, 0.3) is 0 Å². The molecule has 0 aliphatic heterocycles. The summed E-state index contributed by atoms with van der Waals surface area (Å²) >= 11 is -0.490. The van der Waals surface area contributed by atoms with Crippen molar-refractivity contribution in [3.63, 3.8) is 0 Å². The zero-order valence-corrected chi connectivity index (χ0v) is 28.8. The van der Waals surface area contributed by atoms with Gasteiger partial charge in [0.05, 0.1) is 0 Å². The molecule has 2 N–H and O–H groups in total. The third-order valence-electron chi connectivity index (χ3n) is 7.16.